The highest BCUT2D eigenvalue weighted by atomic mass is 16.7. The monoisotopic (exact) mass is 310 g/mol. The van der Waals surface area contributed by atoms with Crippen LogP contribution in [0.1, 0.15) is 5.56 Å². The predicted octanol–water partition coefficient (Wildman–Crippen LogP) is 1.48. The summed E-state index contributed by atoms with van der Waals surface area (Å²) in [6.07, 6.45) is 0. The van der Waals surface area contributed by atoms with Crippen LogP contribution in [0.15, 0.2) is 42.5 Å². The van der Waals surface area contributed by atoms with E-state index >= 15 is 0 Å². The van der Waals surface area contributed by atoms with Gasteiger partial charge in [-0.05, 0) is 29.8 Å². The van der Waals surface area contributed by atoms with Crippen LogP contribution in [0.3, 0.4) is 0 Å². The topological polar surface area (TPSA) is 78.3 Å². The lowest BCUT2D eigenvalue weighted by atomic mass is 10.2. The van der Waals surface area contributed by atoms with Gasteiger partial charge in [0.15, 0.2) is 11.5 Å². The van der Waals surface area contributed by atoms with Crippen LogP contribution >= 0.6 is 0 Å². The number of nitrogens with zero attached hydrogens (tertiary/aromatic N) is 3. The Morgan fingerprint density at radius 3 is 3.00 bits per heavy atom. The van der Waals surface area contributed by atoms with Crippen LogP contribution in [0.2, 0.25) is 0 Å². The minimum atomic E-state index is -0.127. The molecule has 1 amide bonds. The summed E-state index contributed by atoms with van der Waals surface area (Å²) >= 11 is 0. The number of aromatic nitrogens is 3. The van der Waals surface area contributed by atoms with Crippen molar-refractivity contribution in [2.24, 2.45) is 0 Å². The van der Waals surface area contributed by atoms with Gasteiger partial charge in [0, 0.05) is 6.54 Å². The standard InChI is InChI=1S/C16H14N4O3/c21-16(9-20-13-4-2-1-3-12(13)18-19-20)17-8-11-5-6-14-15(7-11)23-10-22-14/h1-7H,8-10H2,(H,17,21). The van der Waals surface area contributed by atoms with E-state index in [0.717, 1.165) is 22.3 Å². The van der Waals surface area contributed by atoms with Gasteiger partial charge < -0.3 is 14.8 Å². The van der Waals surface area contributed by atoms with Gasteiger partial charge in [0.05, 0.1) is 5.52 Å². The number of nitrogens with one attached hydrogen (secondary N) is 1. The fourth-order valence-electron chi connectivity index (χ4n) is 2.48. The summed E-state index contributed by atoms with van der Waals surface area (Å²) in [5, 5.41) is 10.9. The van der Waals surface area contributed by atoms with Crippen molar-refractivity contribution < 1.29 is 14.3 Å². The first-order valence-corrected chi connectivity index (χ1v) is 7.23. The molecule has 0 spiro atoms. The number of hydrogen-bond donors (Lipinski definition) is 1. The zero-order chi connectivity index (χ0) is 15.6. The molecular weight excluding hydrogens is 296 g/mol. The van der Waals surface area contributed by atoms with Gasteiger partial charge in [0.2, 0.25) is 12.7 Å². The SMILES string of the molecule is O=C(Cn1nnc2ccccc21)NCc1ccc2c(c1)OCO2. The van der Waals surface area contributed by atoms with E-state index < -0.39 is 0 Å². The van der Waals surface area contributed by atoms with Gasteiger partial charge in [-0.1, -0.05) is 23.4 Å². The first kappa shape index (κ1) is 13.6. The van der Waals surface area contributed by atoms with Crippen molar-refractivity contribution >= 4 is 16.9 Å². The number of ether oxygens (including phenoxy) is 2. The largest absolute Gasteiger partial charge is 0.454 e. The summed E-state index contributed by atoms with van der Waals surface area (Å²) < 4.78 is 12.2. The highest BCUT2D eigenvalue weighted by Crippen LogP contribution is 2.32. The molecule has 1 N–H and O–H groups in total. The first-order valence-electron chi connectivity index (χ1n) is 7.23. The summed E-state index contributed by atoms with van der Waals surface area (Å²) in [7, 11) is 0. The van der Waals surface area contributed by atoms with Gasteiger partial charge in [-0.25, -0.2) is 4.68 Å². The van der Waals surface area contributed by atoms with Crippen molar-refractivity contribution in [3.63, 3.8) is 0 Å². The Morgan fingerprint density at radius 1 is 1.17 bits per heavy atom. The number of para-hydroxylation sites is 1. The van der Waals surface area contributed by atoms with Crippen LogP contribution in [-0.2, 0) is 17.9 Å². The van der Waals surface area contributed by atoms with Gasteiger partial charge in [-0.3, -0.25) is 4.79 Å². The third-order valence-electron chi connectivity index (χ3n) is 3.64. The van der Waals surface area contributed by atoms with Crippen LogP contribution in [0.25, 0.3) is 11.0 Å². The Hall–Kier alpha value is -3.09. The Labute approximate surface area is 131 Å². The number of amides is 1. The van der Waals surface area contributed by atoms with Crippen LogP contribution < -0.4 is 14.8 Å². The summed E-state index contributed by atoms with van der Waals surface area (Å²) in [6.45, 7) is 0.789. The third kappa shape index (κ3) is 2.68. The molecule has 0 fully saturated rings. The van der Waals surface area contributed by atoms with Gasteiger partial charge in [-0.2, -0.15) is 0 Å². The molecule has 1 aliphatic heterocycles. The van der Waals surface area contributed by atoms with E-state index in [1.165, 1.54) is 0 Å². The highest BCUT2D eigenvalue weighted by Gasteiger charge is 2.14. The molecule has 2 heterocycles. The van der Waals surface area contributed by atoms with E-state index in [1.807, 2.05) is 42.5 Å². The Kier molecular flexibility index (Phi) is 3.30. The van der Waals surface area contributed by atoms with E-state index in [9.17, 15) is 4.79 Å². The van der Waals surface area contributed by atoms with Crippen molar-refractivity contribution in [1.82, 2.24) is 20.3 Å². The normalized spacial score (nSPS) is 12.5. The molecule has 23 heavy (non-hydrogen) atoms. The van der Waals surface area contributed by atoms with Crippen molar-refractivity contribution in [2.45, 2.75) is 13.1 Å². The number of carbonyl (C=O) groups is 1. The molecule has 116 valence electrons. The zero-order valence-corrected chi connectivity index (χ0v) is 12.2. The molecule has 0 saturated heterocycles. The molecule has 0 saturated carbocycles. The Bertz CT molecular complexity index is 875. The van der Waals surface area contributed by atoms with Crippen LogP contribution in [-0.4, -0.2) is 27.7 Å². The second-order valence-corrected chi connectivity index (χ2v) is 5.20. The maximum atomic E-state index is 12.1. The van der Waals surface area contributed by atoms with Crippen molar-refractivity contribution in [3.05, 3.63) is 48.0 Å². The Morgan fingerprint density at radius 2 is 2.04 bits per heavy atom. The van der Waals surface area contributed by atoms with E-state index in [0.29, 0.717) is 12.3 Å². The summed E-state index contributed by atoms with van der Waals surface area (Å²) in [6, 6.07) is 13.2. The third-order valence-corrected chi connectivity index (χ3v) is 3.64. The molecule has 4 rings (SSSR count). The zero-order valence-electron chi connectivity index (χ0n) is 12.2. The molecule has 7 heteroatoms. The number of rotatable bonds is 4. The fourth-order valence-corrected chi connectivity index (χ4v) is 2.48. The molecule has 0 bridgehead atoms. The summed E-state index contributed by atoms with van der Waals surface area (Å²) in [5.41, 5.74) is 2.56. The minimum absolute atomic E-state index is 0.127. The molecule has 3 aromatic rings. The number of hydrogen-bond acceptors (Lipinski definition) is 5. The van der Waals surface area contributed by atoms with E-state index in [1.54, 1.807) is 4.68 Å². The molecule has 0 aliphatic carbocycles. The lowest BCUT2D eigenvalue weighted by Gasteiger charge is -2.06. The fraction of sp³-hybridized carbons (Fsp3) is 0.188. The van der Waals surface area contributed by atoms with Crippen LogP contribution in [0.4, 0.5) is 0 Å². The average Bonchev–Trinajstić information content (AvgIpc) is 3.20. The van der Waals surface area contributed by atoms with E-state index in [4.69, 9.17) is 9.47 Å². The molecule has 1 aromatic heterocycles. The first-order chi connectivity index (χ1) is 11.3. The van der Waals surface area contributed by atoms with Gasteiger partial charge in [-0.15, -0.1) is 5.10 Å². The maximum absolute atomic E-state index is 12.1. The minimum Gasteiger partial charge on any atom is -0.454 e. The van der Waals surface area contributed by atoms with Crippen molar-refractivity contribution in [3.8, 4) is 11.5 Å². The molecule has 0 radical (unpaired) electrons. The quantitative estimate of drug-likeness (QED) is 0.789. The van der Waals surface area contributed by atoms with Crippen LogP contribution in [0.5, 0.6) is 11.5 Å². The second-order valence-electron chi connectivity index (χ2n) is 5.20. The Balaban J connectivity index is 1.40. The molecule has 0 atom stereocenters. The van der Waals surface area contributed by atoms with E-state index in [2.05, 4.69) is 15.6 Å². The maximum Gasteiger partial charge on any atom is 0.242 e. The van der Waals surface area contributed by atoms with Crippen molar-refractivity contribution in [1.29, 1.82) is 0 Å². The molecule has 1 aliphatic rings. The number of carbonyl (C=O) groups excluding carboxylic acids is 1. The molecule has 2 aromatic carbocycles. The van der Waals surface area contributed by atoms with Gasteiger partial charge >= 0.3 is 0 Å². The average molecular weight is 310 g/mol. The number of fused-ring (bicyclic) bond motifs is 2. The van der Waals surface area contributed by atoms with Crippen LogP contribution in [0, 0.1) is 0 Å². The molecular formula is C16H14N4O3. The smallest absolute Gasteiger partial charge is 0.242 e. The van der Waals surface area contributed by atoms with E-state index in [-0.39, 0.29) is 19.2 Å². The summed E-state index contributed by atoms with van der Waals surface area (Å²) in [4.78, 5) is 12.1. The predicted molar refractivity (Wildman–Crippen MR) is 81.9 cm³/mol. The molecule has 0 unspecified atom stereocenters. The lowest BCUT2D eigenvalue weighted by Crippen LogP contribution is -2.27. The van der Waals surface area contributed by atoms with Crippen molar-refractivity contribution in [2.75, 3.05) is 6.79 Å². The highest BCUT2D eigenvalue weighted by molar-refractivity contribution is 5.79. The lowest BCUT2D eigenvalue weighted by molar-refractivity contribution is -0.121. The second kappa shape index (κ2) is 5.60. The molecule has 7 nitrogen and oxygen atoms in total. The van der Waals surface area contributed by atoms with Gasteiger partial charge in [0.25, 0.3) is 0 Å². The number of benzene rings is 2. The summed E-state index contributed by atoms with van der Waals surface area (Å²) in [5.74, 6) is 1.31. The van der Waals surface area contributed by atoms with Gasteiger partial charge in [0.1, 0.15) is 12.1 Å².